The molecule has 0 spiro atoms. The van der Waals surface area contributed by atoms with E-state index in [-0.39, 0.29) is 24.2 Å². The van der Waals surface area contributed by atoms with Gasteiger partial charge in [0, 0.05) is 25.2 Å². The number of aryl methyl sites for hydroxylation is 2. The molecular weight excluding hydrogens is 342 g/mol. The lowest BCUT2D eigenvalue weighted by Gasteiger charge is -2.31. The SMILES string of the molecule is CCn1nc(C)c(NC(=O)CN2CCC[C@@H](C(=O)c3ccccn3)C2)c1C. The maximum Gasteiger partial charge on any atom is 0.238 e. The molecule has 1 atom stereocenters. The average molecular weight is 369 g/mol. The van der Waals surface area contributed by atoms with Crippen LogP contribution in [0.1, 0.15) is 41.6 Å². The highest BCUT2D eigenvalue weighted by atomic mass is 16.2. The summed E-state index contributed by atoms with van der Waals surface area (Å²) in [5, 5.41) is 7.43. The van der Waals surface area contributed by atoms with E-state index in [4.69, 9.17) is 0 Å². The largest absolute Gasteiger partial charge is 0.322 e. The number of nitrogens with zero attached hydrogens (tertiary/aromatic N) is 4. The number of anilines is 1. The standard InChI is InChI=1S/C20H27N5O2/c1-4-25-15(3)19(14(2)23-25)22-18(26)13-24-11-7-8-16(12-24)20(27)17-9-5-6-10-21-17/h5-6,9-10,16H,4,7-8,11-13H2,1-3H3,(H,22,26)/t16-/m1/s1. The first-order chi connectivity index (χ1) is 13.0. The molecular formula is C20H27N5O2. The van der Waals surface area contributed by atoms with Crippen molar-refractivity contribution >= 4 is 17.4 Å². The van der Waals surface area contributed by atoms with Crippen LogP contribution in [0, 0.1) is 19.8 Å². The first kappa shape index (κ1) is 19.2. The van der Waals surface area contributed by atoms with Gasteiger partial charge < -0.3 is 5.32 Å². The summed E-state index contributed by atoms with van der Waals surface area (Å²) in [5.41, 5.74) is 3.08. The van der Waals surface area contributed by atoms with E-state index in [1.54, 1.807) is 18.3 Å². The fourth-order valence-corrected chi connectivity index (χ4v) is 3.70. The second kappa shape index (κ2) is 8.43. The number of carbonyl (C=O) groups is 2. The Morgan fingerprint density at radius 3 is 2.78 bits per heavy atom. The van der Waals surface area contributed by atoms with Gasteiger partial charge in [0.15, 0.2) is 5.78 Å². The number of hydrogen-bond acceptors (Lipinski definition) is 5. The lowest BCUT2D eigenvalue weighted by atomic mass is 9.92. The first-order valence-electron chi connectivity index (χ1n) is 9.51. The van der Waals surface area contributed by atoms with Gasteiger partial charge in [-0.1, -0.05) is 6.07 Å². The molecule has 2 aromatic rings. The summed E-state index contributed by atoms with van der Waals surface area (Å²) in [7, 11) is 0. The smallest absolute Gasteiger partial charge is 0.238 e. The number of hydrogen-bond donors (Lipinski definition) is 1. The van der Waals surface area contributed by atoms with Gasteiger partial charge in [0.25, 0.3) is 0 Å². The van der Waals surface area contributed by atoms with Crippen LogP contribution in [0.2, 0.25) is 0 Å². The van der Waals surface area contributed by atoms with E-state index in [2.05, 4.69) is 20.3 Å². The van der Waals surface area contributed by atoms with Crippen molar-refractivity contribution in [2.45, 2.75) is 40.2 Å². The second-order valence-electron chi connectivity index (χ2n) is 7.06. The van der Waals surface area contributed by atoms with E-state index in [9.17, 15) is 9.59 Å². The molecule has 0 unspecified atom stereocenters. The number of carbonyl (C=O) groups excluding carboxylic acids is 2. The summed E-state index contributed by atoms with van der Waals surface area (Å²) >= 11 is 0. The highest BCUT2D eigenvalue weighted by molar-refractivity contribution is 5.96. The molecule has 7 nitrogen and oxygen atoms in total. The van der Waals surface area contributed by atoms with Crippen molar-refractivity contribution < 1.29 is 9.59 Å². The van der Waals surface area contributed by atoms with Gasteiger partial charge in [0.2, 0.25) is 5.91 Å². The van der Waals surface area contributed by atoms with Crippen molar-refractivity contribution in [1.82, 2.24) is 19.7 Å². The highest BCUT2D eigenvalue weighted by Crippen LogP contribution is 2.22. The molecule has 0 radical (unpaired) electrons. The molecule has 1 saturated heterocycles. The van der Waals surface area contributed by atoms with Crippen LogP contribution in [-0.2, 0) is 11.3 Å². The normalized spacial score (nSPS) is 17.7. The molecule has 1 aliphatic heterocycles. The number of likely N-dealkylation sites (tertiary alicyclic amines) is 1. The molecule has 1 aliphatic rings. The van der Waals surface area contributed by atoms with Gasteiger partial charge in [-0.3, -0.25) is 24.2 Å². The van der Waals surface area contributed by atoms with Crippen LogP contribution in [0.5, 0.6) is 0 Å². The van der Waals surface area contributed by atoms with Crippen LogP contribution in [0.15, 0.2) is 24.4 Å². The highest BCUT2D eigenvalue weighted by Gasteiger charge is 2.28. The molecule has 144 valence electrons. The lowest BCUT2D eigenvalue weighted by Crippen LogP contribution is -2.42. The van der Waals surface area contributed by atoms with Crippen molar-refractivity contribution in [1.29, 1.82) is 0 Å². The van der Waals surface area contributed by atoms with Gasteiger partial charge in [0.05, 0.1) is 23.6 Å². The van der Waals surface area contributed by atoms with E-state index < -0.39 is 0 Å². The third-order valence-electron chi connectivity index (χ3n) is 5.11. The average Bonchev–Trinajstić information content (AvgIpc) is 2.95. The van der Waals surface area contributed by atoms with Crippen molar-refractivity contribution in [3.05, 3.63) is 41.5 Å². The van der Waals surface area contributed by atoms with Gasteiger partial charge in [0.1, 0.15) is 5.69 Å². The monoisotopic (exact) mass is 369 g/mol. The van der Waals surface area contributed by atoms with E-state index >= 15 is 0 Å². The Hall–Kier alpha value is -2.54. The Bertz CT molecular complexity index is 815. The molecule has 0 aromatic carbocycles. The fraction of sp³-hybridized carbons (Fsp3) is 0.500. The van der Waals surface area contributed by atoms with Crippen LogP contribution in [0.4, 0.5) is 5.69 Å². The van der Waals surface area contributed by atoms with Crippen molar-refractivity contribution in [3.8, 4) is 0 Å². The van der Waals surface area contributed by atoms with Crippen LogP contribution < -0.4 is 5.32 Å². The van der Waals surface area contributed by atoms with E-state index in [0.29, 0.717) is 12.2 Å². The zero-order valence-corrected chi connectivity index (χ0v) is 16.2. The van der Waals surface area contributed by atoms with Gasteiger partial charge in [-0.15, -0.1) is 0 Å². The quantitative estimate of drug-likeness (QED) is 0.791. The first-order valence-corrected chi connectivity index (χ1v) is 9.51. The second-order valence-corrected chi connectivity index (χ2v) is 7.06. The predicted octanol–water partition coefficient (Wildman–Crippen LogP) is 2.45. The number of aromatic nitrogens is 3. The maximum atomic E-state index is 12.6. The van der Waals surface area contributed by atoms with Gasteiger partial charge in [-0.25, -0.2) is 0 Å². The molecule has 7 heteroatoms. The number of Topliss-reactive ketones (excluding diaryl/α,β-unsaturated/α-hetero) is 1. The molecule has 3 rings (SSSR count). The number of nitrogens with one attached hydrogen (secondary N) is 1. The fourth-order valence-electron chi connectivity index (χ4n) is 3.70. The summed E-state index contributed by atoms with van der Waals surface area (Å²) in [6.45, 7) is 8.35. The van der Waals surface area contributed by atoms with Gasteiger partial charge in [-0.2, -0.15) is 5.10 Å². The van der Waals surface area contributed by atoms with Crippen LogP contribution in [-0.4, -0.2) is 51.0 Å². The summed E-state index contributed by atoms with van der Waals surface area (Å²) in [4.78, 5) is 31.4. The topological polar surface area (TPSA) is 80.1 Å². The molecule has 1 amide bonds. The van der Waals surface area contributed by atoms with Crippen molar-refractivity contribution in [2.75, 3.05) is 25.0 Å². The van der Waals surface area contributed by atoms with Crippen LogP contribution in [0.25, 0.3) is 0 Å². The Morgan fingerprint density at radius 1 is 1.30 bits per heavy atom. The lowest BCUT2D eigenvalue weighted by molar-refractivity contribution is -0.117. The molecule has 3 heterocycles. The minimum Gasteiger partial charge on any atom is -0.322 e. The molecule has 1 fully saturated rings. The van der Waals surface area contributed by atoms with Crippen molar-refractivity contribution in [3.63, 3.8) is 0 Å². The zero-order valence-electron chi connectivity index (χ0n) is 16.2. The number of piperidine rings is 1. The minimum atomic E-state index is -0.104. The Labute approximate surface area is 159 Å². The zero-order chi connectivity index (χ0) is 19.4. The summed E-state index contributed by atoms with van der Waals surface area (Å²) < 4.78 is 1.88. The third kappa shape index (κ3) is 4.42. The third-order valence-corrected chi connectivity index (χ3v) is 5.11. The molecule has 0 aliphatic carbocycles. The molecule has 0 saturated carbocycles. The Balaban J connectivity index is 1.60. The van der Waals surface area contributed by atoms with Crippen LogP contribution in [0.3, 0.4) is 0 Å². The van der Waals surface area contributed by atoms with E-state index in [1.165, 1.54) is 0 Å². The Kier molecular flexibility index (Phi) is 6.01. The van der Waals surface area contributed by atoms with E-state index in [1.807, 2.05) is 31.5 Å². The minimum absolute atomic E-state index is 0.0663. The number of amides is 1. The van der Waals surface area contributed by atoms with Gasteiger partial charge >= 0.3 is 0 Å². The van der Waals surface area contributed by atoms with Crippen LogP contribution >= 0.6 is 0 Å². The summed E-state index contributed by atoms with van der Waals surface area (Å²) in [6.07, 6.45) is 3.39. The summed E-state index contributed by atoms with van der Waals surface area (Å²) in [6, 6.07) is 5.39. The van der Waals surface area contributed by atoms with Gasteiger partial charge in [-0.05, 0) is 52.3 Å². The Morgan fingerprint density at radius 2 is 2.11 bits per heavy atom. The number of ketones is 1. The number of rotatable bonds is 6. The van der Waals surface area contributed by atoms with E-state index in [0.717, 1.165) is 43.0 Å². The molecule has 2 aromatic heterocycles. The molecule has 0 bridgehead atoms. The number of pyridine rings is 1. The maximum absolute atomic E-state index is 12.6. The molecule has 27 heavy (non-hydrogen) atoms. The predicted molar refractivity (Wildman–Crippen MR) is 104 cm³/mol. The molecule has 1 N–H and O–H groups in total. The summed E-state index contributed by atoms with van der Waals surface area (Å²) in [5.74, 6) is -0.104. The van der Waals surface area contributed by atoms with Crippen molar-refractivity contribution in [2.24, 2.45) is 5.92 Å².